The van der Waals surface area contributed by atoms with Crippen molar-refractivity contribution >= 4 is 32.8 Å². The molecular formula is C12H12BrN3. The van der Waals surface area contributed by atoms with Gasteiger partial charge in [0, 0.05) is 17.6 Å². The van der Waals surface area contributed by atoms with E-state index in [-0.39, 0.29) is 0 Å². The number of fused-ring (bicyclic) bond motifs is 1. The third-order valence-electron chi connectivity index (χ3n) is 2.92. The van der Waals surface area contributed by atoms with E-state index in [9.17, 15) is 0 Å². The van der Waals surface area contributed by atoms with Crippen molar-refractivity contribution in [3.63, 3.8) is 0 Å². The van der Waals surface area contributed by atoms with E-state index >= 15 is 0 Å². The molecule has 0 N–H and O–H groups in total. The van der Waals surface area contributed by atoms with Crippen LogP contribution in [0.15, 0.2) is 28.9 Å². The highest BCUT2D eigenvalue weighted by molar-refractivity contribution is 9.10. The Morgan fingerprint density at radius 2 is 1.94 bits per heavy atom. The van der Waals surface area contributed by atoms with Crippen LogP contribution in [0.1, 0.15) is 12.8 Å². The molecule has 0 atom stereocenters. The maximum absolute atomic E-state index is 4.65. The number of hydrogen-bond donors (Lipinski definition) is 0. The number of aromatic nitrogens is 2. The zero-order valence-corrected chi connectivity index (χ0v) is 10.4. The summed E-state index contributed by atoms with van der Waals surface area (Å²) >= 11 is 3.46. The van der Waals surface area contributed by atoms with Crippen LogP contribution in [-0.2, 0) is 0 Å². The average Bonchev–Trinajstić information content (AvgIpc) is 2.81. The van der Waals surface area contributed by atoms with E-state index in [1.54, 1.807) is 0 Å². The summed E-state index contributed by atoms with van der Waals surface area (Å²) in [6, 6.07) is 5.99. The quantitative estimate of drug-likeness (QED) is 0.803. The van der Waals surface area contributed by atoms with Crippen molar-refractivity contribution in [2.24, 2.45) is 0 Å². The summed E-state index contributed by atoms with van der Waals surface area (Å²) in [5, 5.41) is 0. The van der Waals surface area contributed by atoms with Gasteiger partial charge in [0.25, 0.3) is 0 Å². The van der Waals surface area contributed by atoms with Crippen molar-refractivity contribution in [1.82, 2.24) is 9.97 Å². The summed E-state index contributed by atoms with van der Waals surface area (Å²) in [5.41, 5.74) is 1.91. The summed E-state index contributed by atoms with van der Waals surface area (Å²) in [6.07, 6.45) is 4.40. The smallest absolute Gasteiger partial charge is 0.147 e. The fraction of sp³-hybridized carbons (Fsp3) is 0.333. The summed E-state index contributed by atoms with van der Waals surface area (Å²) in [6.45, 7) is 2.21. The van der Waals surface area contributed by atoms with Crippen LogP contribution in [0, 0.1) is 0 Å². The number of anilines is 1. The molecule has 1 aromatic carbocycles. The number of nitrogens with zero attached hydrogens (tertiary/aromatic N) is 3. The molecule has 3 rings (SSSR count). The molecule has 0 unspecified atom stereocenters. The molecule has 0 saturated carbocycles. The lowest BCUT2D eigenvalue weighted by atomic mass is 10.3. The van der Waals surface area contributed by atoms with Crippen LogP contribution in [0.2, 0.25) is 0 Å². The minimum Gasteiger partial charge on any atom is -0.355 e. The number of rotatable bonds is 1. The molecule has 1 saturated heterocycles. The van der Waals surface area contributed by atoms with Gasteiger partial charge >= 0.3 is 0 Å². The van der Waals surface area contributed by atoms with Crippen molar-refractivity contribution in [3.8, 4) is 0 Å². The molecule has 1 aliphatic heterocycles. The molecule has 2 aromatic rings. The number of halogens is 1. The fourth-order valence-corrected chi connectivity index (χ4v) is 2.42. The Morgan fingerprint density at radius 3 is 2.75 bits per heavy atom. The molecular weight excluding hydrogens is 266 g/mol. The SMILES string of the molecule is Brc1ccc2ncc(N3CCCC3)nc2c1. The number of benzene rings is 1. The highest BCUT2D eigenvalue weighted by Crippen LogP contribution is 2.21. The van der Waals surface area contributed by atoms with Crippen molar-refractivity contribution in [2.75, 3.05) is 18.0 Å². The van der Waals surface area contributed by atoms with Gasteiger partial charge in [-0.2, -0.15) is 0 Å². The van der Waals surface area contributed by atoms with E-state index in [1.807, 2.05) is 24.4 Å². The van der Waals surface area contributed by atoms with E-state index in [4.69, 9.17) is 0 Å². The normalized spacial score (nSPS) is 15.9. The van der Waals surface area contributed by atoms with Gasteiger partial charge in [0.1, 0.15) is 5.82 Å². The summed E-state index contributed by atoms with van der Waals surface area (Å²) in [5.74, 6) is 1.00. The van der Waals surface area contributed by atoms with E-state index in [0.29, 0.717) is 0 Å². The lowest BCUT2D eigenvalue weighted by Gasteiger charge is -2.15. The van der Waals surface area contributed by atoms with Crippen LogP contribution < -0.4 is 4.90 Å². The first-order valence-corrected chi connectivity index (χ1v) is 6.29. The Balaban J connectivity index is 2.07. The molecule has 3 nitrogen and oxygen atoms in total. The second-order valence-electron chi connectivity index (χ2n) is 4.06. The minimum absolute atomic E-state index is 0.950. The lowest BCUT2D eigenvalue weighted by Crippen LogP contribution is -2.19. The van der Waals surface area contributed by atoms with E-state index in [1.165, 1.54) is 12.8 Å². The summed E-state index contributed by atoms with van der Waals surface area (Å²) in [7, 11) is 0. The Labute approximate surface area is 103 Å². The summed E-state index contributed by atoms with van der Waals surface area (Å²) in [4.78, 5) is 11.4. The zero-order chi connectivity index (χ0) is 11.0. The maximum atomic E-state index is 4.65. The first-order chi connectivity index (χ1) is 7.83. The highest BCUT2D eigenvalue weighted by atomic mass is 79.9. The van der Waals surface area contributed by atoms with Gasteiger partial charge in [0.05, 0.1) is 17.2 Å². The Hall–Kier alpha value is -1.16. The molecule has 1 fully saturated rings. The Morgan fingerprint density at radius 1 is 1.12 bits per heavy atom. The molecule has 82 valence electrons. The van der Waals surface area contributed by atoms with Gasteiger partial charge in [-0.05, 0) is 31.0 Å². The van der Waals surface area contributed by atoms with Crippen molar-refractivity contribution in [2.45, 2.75) is 12.8 Å². The summed E-state index contributed by atoms with van der Waals surface area (Å²) < 4.78 is 1.05. The third kappa shape index (κ3) is 1.78. The predicted octanol–water partition coefficient (Wildman–Crippen LogP) is 2.99. The van der Waals surface area contributed by atoms with Crippen LogP contribution in [0.3, 0.4) is 0 Å². The lowest BCUT2D eigenvalue weighted by molar-refractivity contribution is 0.936. The first kappa shape index (κ1) is 10.0. The molecule has 1 aliphatic rings. The van der Waals surface area contributed by atoms with Crippen LogP contribution in [0.25, 0.3) is 11.0 Å². The Kier molecular flexibility index (Phi) is 2.52. The molecule has 0 bridgehead atoms. The van der Waals surface area contributed by atoms with Crippen molar-refractivity contribution < 1.29 is 0 Å². The van der Waals surface area contributed by atoms with Gasteiger partial charge in [0.15, 0.2) is 0 Å². The van der Waals surface area contributed by atoms with Crippen LogP contribution >= 0.6 is 15.9 Å². The molecule has 0 amide bonds. The molecule has 16 heavy (non-hydrogen) atoms. The minimum atomic E-state index is 0.950. The van der Waals surface area contributed by atoms with Crippen LogP contribution in [0.4, 0.5) is 5.82 Å². The molecule has 0 spiro atoms. The molecule has 0 aliphatic carbocycles. The maximum Gasteiger partial charge on any atom is 0.147 e. The second kappa shape index (κ2) is 4.01. The topological polar surface area (TPSA) is 29.0 Å². The molecule has 2 heterocycles. The largest absolute Gasteiger partial charge is 0.355 e. The Bertz CT molecular complexity index is 521. The van der Waals surface area contributed by atoms with Crippen molar-refractivity contribution in [3.05, 3.63) is 28.9 Å². The monoisotopic (exact) mass is 277 g/mol. The highest BCUT2D eigenvalue weighted by Gasteiger charge is 2.14. The van der Waals surface area contributed by atoms with E-state index < -0.39 is 0 Å². The van der Waals surface area contributed by atoms with Crippen LogP contribution in [0.5, 0.6) is 0 Å². The third-order valence-corrected chi connectivity index (χ3v) is 3.41. The standard InChI is InChI=1S/C12H12BrN3/c13-9-3-4-10-11(7-9)15-12(8-14-10)16-5-1-2-6-16/h3-4,7-8H,1-2,5-6H2. The fourth-order valence-electron chi connectivity index (χ4n) is 2.07. The van der Waals surface area contributed by atoms with E-state index in [2.05, 4.69) is 30.8 Å². The number of hydrogen-bond acceptors (Lipinski definition) is 3. The predicted molar refractivity (Wildman–Crippen MR) is 68.7 cm³/mol. The van der Waals surface area contributed by atoms with Crippen LogP contribution in [-0.4, -0.2) is 23.1 Å². The van der Waals surface area contributed by atoms with Crippen molar-refractivity contribution in [1.29, 1.82) is 0 Å². The van der Waals surface area contributed by atoms with Gasteiger partial charge in [-0.25, -0.2) is 4.98 Å². The molecule has 1 aromatic heterocycles. The van der Waals surface area contributed by atoms with Gasteiger partial charge in [0.2, 0.25) is 0 Å². The van der Waals surface area contributed by atoms with Gasteiger partial charge in [-0.3, -0.25) is 4.98 Å². The first-order valence-electron chi connectivity index (χ1n) is 5.50. The molecule has 0 radical (unpaired) electrons. The second-order valence-corrected chi connectivity index (χ2v) is 4.97. The van der Waals surface area contributed by atoms with Gasteiger partial charge < -0.3 is 4.90 Å². The van der Waals surface area contributed by atoms with Gasteiger partial charge in [-0.15, -0.1) is 0 Å². The molecule has 4 heteroatoms. The zero-order valence-electron chi connectivity index (χ0n) is 8.86. The van der Waals surface area contributed by atoms with E-state index in [0.717, 1.165) is 34.4 Å². The average molecular weight is 278 g/mol. The van der Waals surface area contributed by atoms with Gasteiger partial charge in [-0.1, -0.05) is 15.9 Å².